The van der Waals surface area contributed by atoms with Crippen LogP contribution in [0, 0.1) is 0 Å². The highest BCUT2D eigenvalue weighted by Crippen LogP contribution is 2.26. The molecule has 0 spiro atoms. The monoisotopic (exact) mass is 352 g/mol. The lowest BCUT2D eigenvalue weighted by Gasteiger charge is -2.25. The first-order valence-corrected chi connectivity index (χ1v) is 10.3. The first kappa shape index (κ1) is 16.3. The van der Waals surface area contributed by atoms with Crippen molar-refractivity contribution in [3.63, 3.8) is 0 Å². The zero-order chi connectivity index (χ0) is 15.8. The van der Waals surface area contributed by atoms with E-state index in [1.807, 2.05) is 0 Å². The van der Waals surface area contributed by atoms with Crippen LogP contribution in [-0.2, 0) is 23.6 Å². The molecule has 0 aromatic heterocycles. The van der Waals surface area contributed by atoms with E-state index >= 15 is 0 Å². The molecule has 1 aromatic carbocycles. The van der Waals surface area contributed by atoms with Gasteiger partial charge in [-0.1, -0.05) is 0 Å². The number of halogens is 1. The van der Waals surface area contributed by atoms with Gasteiger partial charge in [-0.05, 0) is 37.5 Å². The topological polar surface area (TPSA) is 94.6 Å². The minimum Gasteiger partial charge on any atom is -0.459 e. The largest absolute Gasteiger partial charge is 0.459 e. The summed E-state index contributed by atoms with van der Waals surface area (Å²) in [5, 5.41) is 0. The number of carbonyl (C=O) groups is 1. The molecule has 9 heteroatoms. The van der Waals surface area contributed by atoms with E-state index in [0.717, 1.165) is 43.7 Å². The van der Waals surface area contributed by atoms with E-state index in [1.54, 1.807) is 0 Å². The number of esters is 1. The Labute approximate surface area is 127 Å². The first-order valence-electron chi connectivity index (χ1n) is 6.08. The van der Waals surface area contributed by atoms with Crippen LogP contribution >= 0.6 is 10.7 Å². The maximum Gasteiger partial charge on any atom is 0.338 e. The molecule has 0 radical (unpaired) electrons. The fraction of sp³-hybridized carbons (Fsp3) is 0.417. The van der Waals surface area contributed by atoms with E-state index in [1.165, 1.54) is 0 Å². The number of sulfone groups is 1. The molecule has 0 unspecified atom stereocenters. The lowest BCUT2D eigenvalue weighted by Crippen LogP contribution is -2.25. The molecule has 0 amide bonds. The van der Waals surface area contributed by atoms with E-state index in [2.05, 4.69) is 0 Å². The van der Waals surface area contributed by atoms with Gasteiger partial charge in [0.1, 0.15) is 6.10 Å². The molecule has 0 saturated heterocycles. The summed E-state index contributed by atoms with van der Waals surface area (Å²) in [4.78, 5) is 11.2. The molecular weight excluding hydrogens is 340 g/mol. The van der Waals surface area contributed by atoms with E-state index in [0.29, 0.717) is 0 Å². The van der Waals surface area contributed by atoms with E-state index < -0.39 is 29.8 Å². The first-order chi connectivity index (χ1) is 9.57. The minimum atomic E-state index is -4.16. The Bertz CT molecular complexity index is 728. The third-order valence-electron chi connectivity index (χ3n) is 3.15. The third-order valence-corrected chi connectivity index (χ3v) is 5.58. The second-order valence-electron chi connectivity index (χ2n) is 4.86. The highest BCUT2D eigenvalue weighted by atomic mass is 35.7. The van der Waals surface area contributed by atoms with Crippen molar-refractivity contribution in [3.8, 4) is 0 Å². The molecule has 6 nitrogen and oxygen atoms in total. The molecule has 1 saturated carbocycles. The van der Waals surface area contributed by atoms with Crippen LogP contribution in [0.2, 0.25) is 0 Å². The Morgan fingerprint density at radius 3 is 2.14 bits per heavy atom. The molecular formula is C12H13ClO6S2. The number of benzene rings is 1. The van der Waals surface area contributed by atoms with Gasteiger partial charge in [-0.3, -0.25) is 0 Å². The molecule has 116 valence electrons. The Hall–Kier alpha value is -1.12. The number of hydrogen-bond donors (Lipinski definition) is 0. The summed E-state index contributed by atoms with van der Waals surface area (Å²) >= 11 is 0. The van der Waals surface area contributed by atoms with Crippen LogP contribution in [0.5, 0.6) is 0 Å². The number of rotatable bonds is 4. The highest BCUT2D eigenvalue weighted by Gasteiger charge is 2.25. The molecule has 0 bridgehead atoms. The van der Waals surface area contributed by atoms with Gasteiger partial charge in [0.15, 0.2) is 9.84 Å². The van der Waals surface area contributed by atoms with Crippen molar-refractivity contribution in [1.82, 2.24) is 0 Å². The van der Waals surface area contributed by atoms with Gasteiger partial charge in [0.05, 0.1) is 15.4 Å². The van der Waals surface area contributed by atoms with E-state index in [4.69, 9.17) is 15.4 Å². The molecule has 0 atom stereocenters. The van der Waals surface area contributed by atoms with Crippen molar-refractivity contribution >= 4 is 35.5 Å². The average Bonchev–Trinajstić information content (AvgIpc) is 2.30. The van der Waals surface area contributed by atoms with Crippen LogP contribution in [-0.4, -0.2) is 35.2 Å². The van der Waals surface area contributed by atoms with Crippen molar-refractivity contribution < 1.29 is 26.4 Å². The lowest BCUT2D eigenvalue weighted by molar-refractivity contribution is 0.00895. The second kappa shape index (κ2) is 5.58. The summed E-state index contributed by atoms with van der Waals surface area (Å²) < 4.78 is 51.1. The Balaban J connectivity index is 2.47. The molecule has 0 heterocycles. The SMILES string of the molecule is CS(=O)(=O)c1cc(C(=O)OC2CCC2)cc(S(=O)(=O)Cl)c1. The van der Waals surface area contributed by atoms with E-state index in [9.17, 15) is 21.6 Å². The molecule has 1 aliphatic rings. The zero-order valence-corrected chi connectivity index (χ0v) is 13.5. The quantitative estimate of drug-likeness (QED) is 0.605. The summed E-state index contributed by atoms with van der Waals surface area (Å²) in [6.07, 6.45) is 3.17. The van der Waals surface area contributed by atoms with Gasteiger partial charge in [0, 0.05) is 16.9 Å². The van der Waals surface area contributed by atoms with Crippen LogP contribution in [0.3, 0.4) is 0 Å². The van der Waals surface area contributed by atoms with Crippen molar-refractivity contribution in [2.45, 2.75) is 35.2 Å². The van der Waals surface area contributed by atoms with Gasteiger partial charge in [0.25, 0.3) is 9.05 Å². The molecule has 1 aromatic rings. The smallest absolute Gasteiger partial charge is 0.338 e. The Morgan fingerprint density at radius 2 is 1.71 bits per heavy atom. The van der Waals surface area contributed by atoms with Gasteiger partial charge >= 0.3 is 5.97 Å². The van der Waals surface area contributed by atoms with Gasteiger partial charge in [-0.25, -0.2) is 21.6 Å². The number of ether oxygens (including phenoxy) is 1. The average molecular weight is 353 g/mol. The third kappa shape index (κ3) is 3.96. The molecule has 0 N–H and O–H groups in total. The fourth-order valence-corrected chi connectivity index (χ4v) is 3.31. The number of carbonyl (C=O) groups excluding carboxylic acids is 1. The molecule has 1 fully saturated rings. The fourth-order valence-electron chi connectivity index (χ4n) is 1.75. The van der Waals surface area contributed by atoms with Crippen LogP contribution in [0.1, 0.15) is 29.6 Å². The minimum absolute atomic E-state index is 0.149. The predicted molar refractivity (Wildman–Crippen MR) is 75.6 cm³/mol. The molecule has 1 aliphatic carbocycles. The van der Waals surface area contributed by atoms with E-state index in [-0.39, 0.29) is 16.6 Å². The van der Waals surface area contributed by atoms with Crippen LogP contribution in [0.25, 0.3) is 0 Å². The lowest BCUT2D eigenvalue weighted by atomic mass is 9.96. The molecule has 21 heavy (non-hydrogen) atoms. The van der Waals surface area contributed by atoms with Gasteiger partial charge in [-0.15, -0.1) is 0 Å². The van der Waals surface area contributed by atoms with Crippen molar-refractivity contribution in [2.24, 2.45) is 0 Å². The zero-order valence-electron chi connectivity index (χ0n) is 11.1. The van der Waals surface area contributed by atoms with Gasteiger partial charge in [-0.2, -0.15) is 0 Å². The van der Waals surface area contributed by atoms with Crippen LogP contribution in [0.4, 0.5) is 0 Å². The number of hydrogen-bond acceptors (Lipinski definition) is 6. The summed E-state index contributed by atoms with van der Waals surface area (Å²) in [5.74, 6) is -0.758. The summed E-state index contributed by atoms with van der Waals surface area (Å²) in [6.45, 7) is 0. The molecule has 0 aliphatic heterocycles. The van der Waals surface area contributed by atoms with Crippen molar-refractivity contribution in [1.29, 1.82) is 0 Å². The highest BCUT2D eigenvalue weighted by molar-refractivity contribution is 8.13. The Kier molecular flexibility index (Phi) is 4.32. The molecule has 2 rings (SSSR count). The normalized spacial score (nSPS) is 16.3. The van der Waals surface area contributed by atoms with Crippen molar-refractivity contribution in [2.75, 3.05) is 6.26 Å². The maximum absolute atomic E-state index is 12.0. The maximum atomic E-state index is 12.0. The Morgan fingerprint density at radius 1 is 1.14 bits per heavy atom. The van der Waals surface area contributed by atoms with Gasteiger partial charge in [0.2, 0.25) is 0 Å². The summed E-state index contributed by atoms with van der Waals surface area (Å²) in [5.41, 5.74) is -0.149. The summed E-state index contributed by atoms with van der Waals surface area (Å²) in [7, 11) is -2.63. The predicted octanol–water partition coefficient (Wildman–Crippen LogP) is 1.73. The van der Waals surface area contributed by atoms with Crippen LogP contribution < -0.4 is 0 Å². The summed E-state index contributed by atoms with van der Waals surface area (Å²) in [6, 6.07) is 3.01. The van der Waals surface area contributed by atoms with Crippen LogP contribution in [0.15, 0.2) is 28.0 Å². The standard InChI is InChI=1S/C12H13ClO6S2/c1-20(15,16)10-5-8(6-11(7-10)21(13,17)18)12(14)19-9-3-2-4-9/h5-7,9H,2-4H2,1H3. The second-order valence-corrected chi connectivity index (χ2v) is 9.44. The van der Waals surface area contributed by atoms with Crippen molar-refractivity contribution in [3.05, 3.63) is 23.8 Å². The van der Waals surface area contributed by atoms with Gasteiger partial charge < -0.3 is 4.74 Å².